The lowest BCUT2D eigenvalue weighted by molar-refractivity contribution is 0.0942. The van der Waals surface area contributed by atoms with Gasteiger partial charge in [0.25, 0.3) is 0 Å². The topological polar surface area (TPSA) is 71.0 Å². The minimum atomic E-state index is -0.737. The highest BCUT2D eigenvalue weighted by Gasteiger charge is 2.06. The van der Waals surface area contributed by atoms with Gasteiger partial charge in [0.2, 0.25) is 0 Å². The average Bonchev–Trinajstić information content (AvgIpc) is 2.38. The normalized spacial score (nSPS) is 12.2. The lowest BCUT2D eigenvalue weighted by Crippen LogP contribution is -2.29. The molecule has 0 radical (unpaired) electrons. The van der Waals surface area contributed by atoms with Crippen LogP contribution in [0.5, 0.6) is 11.5 Å². The third kappa shape index (κ3) is 4.22. The Morgan fingerprint density at radius 3 is 2.65 bits per heavy atom. The zero-order valence-electron chi connectivity index (χ0n) is 10.1. The maximum Gasteiger partial charge on any atom is 0.127 e. The molecule has 0 fully saturated rings. The summed E-state index contributed by atoms with van der Waals surface area (Å²) in [5, 5.41) is 20.9. The van der Waals surface area contributed by atoms with Crippen LogP contribution in [-0.2, 0) is 6.54 Å². The fraction of sp³-hybridized carbons (Fsp3) is 0.500. The van der Waals surface area contributed by atoms with Crippen molar-refractivity contribution in [2.45, 2.75) is 12.6 Å². The molecule has 0 aliphatic rings. The van der Waals surface area contributed by atoms with Crippen molar-refractivity contribution in [3.05, 3.63) is 23.8 Å². The van der Waals surface area contributed by atoms with Crippen LogP contribution >= 0.6 is 0 Å². The third-order valence-corrected chi connectivity index (χ3v) is 2.40. The Hall–Kier alpha value is -1.30. The van der Waals surface area contributed by atoms with E-state index in [4.69, 9.17) is 14.6 Å². The minimum absolute atomic E-state index is 0.243. The summed E-state index contributed by atoms with van der Waals surface area (Å²) in [6.07, 6.45) is -0.737. The number of nitrogens with one attached hydrogen (secondary N) is 1. The Labute approximate surface area is 101 Å². The standard InChI is InChI=1S/C12H19NO4/c1-16-11-4-3-9(12(5-11)17-2)6-13-7-10(15)8-14/h3-5,10,13-15H,6-8H2,1-2H3/t10-/m0/s1. The van der Waals surface area contributed by atoms with Gasteiger partial charge in [-0.25, -0.2) is 0 Å². The van der Waals surface area contributed by atoms with Crippen LogP contribution < -0.4 is 14.8 Å². The van der Waals surface area contributed by atoms with Gasteiger partial charge in [0.15, 0.2) is 0 Å². The summed E-state index contributed by atoms with van der Waals surface area (Å²) in [6.45, 7) is 0.655. The van der Waals surface area contributed by atoms with Crippen LogP contribution in [0.4, 0.5) is 0 Å². The molecule has 1 atom stereocenters. The fourth-order valence-corrected chi connectivity index (χ4v) is 1.44. The summed E-state index contributed by atoms with van der Waals surface area (Å²) in [4.78, 5) is 0. The predicted octanol–water partition coefficient (Wildman–Crippen LogP) is 0.147. The monoisotopic (exact) mass is 241 g/mol. The smallest absolute Gasteiger partial charge is 0.127 e. The first kappa shape index (κ1) is 13.8. The third-order valence-electron chi connectivity index (χ3n) is 2.40. The van der Waals surface area contributed by atoms with Gasteiger partial charge in [-0.1, -0.05) is 6.07 Å². The lowest BCUT2D eigenvalue weighted by Gasteiger charge is -2.12. The highest BCUT2D eigenvalue weighted by atomic mass is 16.5. The molecular weight excluding hydrogens is 222 g/mol. The van der Waals surface area contributed by atoms with E-state index >= 15 is 0 Å². The molecule has 5 heteroatoms. The van der Waals surface area contributed by atoms with E-state index in [0.717, 1.165) is 17.1 Å². The molecule has 0 spiro atoms. The second-order valence-corrected chi connectivity index (χ2v) is 3.65. The summed E-state index contributed by atoms with van der Waals surface area (Å²) in [7, 11) is 3.20. The fourth-order valence-electron chi connectivity index (χ4n) is 1.44. The van der Waals surface area contributed by atoms with Gasteiger partial charge in [-0.3, -0.25) is 0 Å². The molecular formula is C12H19NO4. The van der Waals surface area contributed by atoms with Gasteiger partial charge in [-0.2, -0.15) is 0 Å². The molecule has 1 aromatic rings. The highest BCUT2D eigenvalue weighted by Crippen LogP contribution is 2.24. The van der Waals surface area contributed by atoms with E-state index in [1.54, 1.807) is 20.3 Å². The van der Waals surface area contributed by atoms with Gasteiger partial charge in [0.05, 0.1) is 26.9 Å². The van der Waals surface area contributed by atoms with Crippen molar-refractivity contribution in [3.8, 4) is 11.5 Å². The second-order valence-electron chi connectivity index (χ2n) is 3.65. The number of aliphatic hydroxyl groups is 2. The number of rotatable bonds is 7. The molecule has 0 heterocycles. The second kappa shape index (κ2) is 7.11. The molecule has 0 amide bonds. The van der Waals surface area contributed by atoms with Crippen LogP contribution in [0.15, 0.2) is 18.2 Å². The van der Waals surface area contributed by atoms with Gasteiger partial charge in [0.1, 0.15) is 11.5 Å². The lowest BCUT2D eigenvalue weighted by atomic mass is 10.2. The highest BCUT2D eigenvalue weighted by molar-refractivity contribution is 5.40. The Kier molecular flexibility index (Phi) is 5.76. The zero-order valence-corrected chi connectivity index (χ0v) is 10.1. The Morgan fingerprint density at radius 2 is 2.06 bits per heavy atom. The number of ether oxygens (including phenoxy) is 2. The molecule has 0 aliphatic heterocycles. The Morgan fingerprint density at radius 1 is 1.29 bits per heavy atom. The first-order chi connectivity index (χ1) is 8.21. The number of methoxy groups -OCH3 is 2. The van der Waals surface area contributed by atoms with Crippen LogP contribution in [-0.4, -0.2) is 43.7 Å². The van der Waals surface area contributed by atoms with Gasteiger partial charge in [-0.15, -0.1) is 0 Å². The first-order valence-corrected chi connectivity index (χ1v) is 5.41. The molecule has 5 nitrogen and oxygen atoms in total. The van der Waals surface area contributed by atoms with Crippen LogP contribution in [0, 0.1) is 0 Å². The van der Waals surface area contributed by atoms with E-state index in [0.29, 0.717) is 13.1 Å². The van der Waals surface area contributed by atoms with Crippen molar-refractivity contribution < 1.29 is 19.7 Å². The average molecular weight is 241 g/mol. The molecule has 1 rings (SSSR count). The number of hydrogen-bond acceptors (Lipinski definition) is 5. The van der Waals surface area contributed by atoms with Crippen molar-refractivity contribution in [3.63, 3.8) is 0 Å². The van der Waals surface area contributed by atoms with Gasteiger partial charge in [-0.05, 0) is 6.07 Å². The largest absolute Gasteiger partial charge is 0.497 e. The van der Waals surface area contributed by atoms with Gasteiger partial charge >= 0.3 is 0 Å². The van der Waals surface area contributed by atoms with Crippen molar-refractivity contribution in [2.75, 3.05) is 27.4 Å². The van der Waals surface area contributed by atoms with Gasteiger partial charge < -0.3 is 25.0 Å². The number of hydrogen-bond donors (Lipinski definition) is 3. The number of benzene rings is 1. The molecule has 0 aliphatic carbocycles. The van der Waals surface area contributed by atoms with Crippen molar-refractivity contribution in [1.29, 1.82) is 0 Å². The molecule has 0 saturated carbocycles. The van der Waals surface area contributed by atoms with Crippen molar-refractivity contribution in [2.24, 2.45) is 0 Å². The van der Waals surface area contributed by atoms with Crippen LogP contribution in [0.3, 0.4) is 0 Å². The number of aliphatic hydroxyl groups excluding tert-OH is 2. The summed E-state index contributed by atoms with van der Waals surface area (Å²) < 4.78 is 10.3. The van der Waals surface area contributed by atoms with E-state index in [-0.39, 0.29) is 6.61 Å². The Balaban J connectivity index is 2.58. The summed E-state index contributed by atoms with van der Waals surface area (Å²) >= 11 is 0. The molecule has 0 bridgehead atoms. The molecule has 0 saturated heterocycles. The van der Waals surface area contributed by atoms with E-state index in [1.807, 2.05) is 12.1 Å². The van der Waals surface area contributed by atoms with Crippen LogP contribution in [0.2, 0.25) is 0 Å². The quantitative estimate of drug-likeness (QED) is 0.633. The minimum Gasteiger partial charge on any atom is -0.497 e. The van der Waals surface area contributed by atoms with E-state index in [1.165, 1.54) is 0 Å². The molecule has 0 unspecified atom stereocenters. The van der Waals surface area contributed by atoms with Crippen LogP contribution in [0.25, 0.3) is 0 Å². The molecule has 17 heavy (non-hydrogen) atoms. The van der Waals surface area contributed by atoms with Crippen molar-refractivity contribution >= 4 is 0 Å². The first-order valence-electron chi connectivity index (χ1n) is 5.41. The van der Waals surface area contributed by atoms with Crippen molar-refractivity contribution in [1.82, 2.24) is 5.32 Å². The van der Waals surface area contributed by atoms with E-state index in [2.05, 4.69) is 5.32 Å². The maximum atomic E-state index is 9.18. The van der Waals surface area contributed by atoms with E-state index < -0.39 is 6.10 Å². The Bertz CT molecular complexity index is 343. The molecule has 3 N–H and O–H groups in total. The van der Waals surface area contributed by atoms with Crippen LogP contribution in [0.1, 0.15) is 5.56 Å². The molecule has 96 valence electrons. The van der Waals surface area contributed by atoms with Gasteiger partial charge in [0, 0.05) is 24.7 Å². The zero-order chi connectivity index (χ0) is 12.7. The summed E-state index contributed by atoms with van der Waals surface area (Å²) in [6, 6.07) is 5.55. The summed E-state index contributed by atoms with van der Waals surface area (Å²) in [5.74, 6) is 1.47. The summed E-state index contributed by atoms with van der Waals surface area (Å²) in [5.41, 5.74) is 0.971. The SMILES string of the molecule is COc1ccc(CNC[C@H](O)CO)c(OC)c1. The maximum absolute atomic E-state index is 9.18. The molecule has 1 aromatic carbocycles. The predicted molar refractivity (Wildman–Crippen MR) is 64.3 cm³/mol. The molecule has 0 aromatic heterocycles. The van der Waals surface area contributed by atoms with E-state index in [9.17, 15) is 5.11 Å².